The van der Waals surface area contributed by atoms with E-state index in [-0.39, 0.29) is 11.7 Å². The first-order chi connectivity index (χ1) is 11.7. The van der Waals surface area contributed by atoms with Gasteiger partial charge in [-0.2, -0.15) is 0 Å². The fraction of sp³-hybridized carbons (Fsp3) is 0.333. The zero-order valence-corrected chi connectivity index (χ0v) is 16.0. The Morgan fingerprint density at radius 3 is 2.32 bits per heavy atom. The van der Waals surface area contributed by atoms with Gasteiger partial charge >= 0.3 is 0 Å². The van der Waals surface area contributed by atoms with Crippen molar-refractivity contribution in [3.05, 3.63) is 70.5 Å². The molecule has 2 aromatic rings. The van der Waals surface area contributed by atoms with Crippen LogP contribution in [0, 0.1) is 19.7 Å². The van der Waals surface area contributed by atoms with Crippen LogP contribution in [0.1, 0.15) is 36.1 Å². The summed E-state index contributed by atoms with van der Waals surface area (Å²) in [5.74, 6) is -0.324. The molecule has 0 spiro atoms. The van der Waals surface area contributed by atoms with Crippen molar-refractivity contribution in [1.29, 1.82) is 0 Å². The molecule has 2 aromatic carbocycles. The Morgan fingerprint density at radius 1 is 1.08 bits per heavy atom. The van der Waals surface area contributed by atoms with E-state index in [1.54, 1.807) is 12.1 Å². The fourth-order valence-electron chi connectivity index (χ4n) is 2.55. The molecule has 1 amide bonds. The third-order valence-corrected chi connectivity index (χ3v) is 4.85. The number of halogens is 1. The number of carbonyl (C=O) groups excluding carboxylic acids is 1. The zero-order chi connectivity index (χ0) is 18.6. The van der Waals surface area contributed by atoms with Crippen LogP contribution in [-0.2, 0) is 16.6 Å². The van der Waals surface area contributed by atoms with Crippen molar-refractivity contribution in [2.45, 2.75) is 39.5 Å². The first kappa shape index (κ1) is 19.3. The molecule has 1 N–H and O–H groups in total. The predicted octanol–water partition coefficient (Wildman–Crippen LogP) is 4.45. The van der Waals surface area contributed by atoms with E-state index < -0.39 is 5.41 Å². The second kappa shape index (κ2) is 7.87. The SMILES string of the molecule is Cc1ccc(C(C)(C)C(=O)NCC(=S)Cc2ccc(F)cc2)cc1C. The van der Waals surface area contributed by atoms with Gasteiger partial charge in [0, 0.05) is 17.8 Å². The largest absolute Gasteiger partial charge is 0.351 e. The number of benzene rings is 2. The molecule has 0 bridgehead atoms. The standard InChI is InChI=1S/C21H24FNOS/c1-14-5-8-17(11-15(14)2)21(3,4)20(24)23-13-19(25)12-16-6-9-18(22)10-7-16/h5-11H,12-13H2,1-4H3,(H,23,24). The minimum Gasteiger partial charge on any atom is -0.351 e. The van der Waals surface area contributed by atoms with Gasteiger partial charge in [0.2, 0.25) is 5.91 Å². The van der Waals surface area contributed by atoms with E-state index in [9.17, 15) is 9.18 Å². The molecule has 2 rings (SSSR count). The van der Waals surface area contributed by atoms with E-state index in [0.29, 0.717) is 13.0 Å². The number of nitrogens with one attached hydrogen (secondary N) is 1. The Bertz CT molecular complexity index is 781. The molecule has 4 heteroatoms. The summed E-state index contributed by atoms with van der Waals surface area (Å²) < 4.78 is 12.9. The molecule has 132 valence electrons. The topological polar surface area (TPSA) is 29.1 Å². The van der Waals surface area contributed by atoms with Crippen molar-refractivity contribution in [2.75, 3.05) is 6.54 Å². The van der Waals surface area contributed by atoms with Gasteiger partial charge in [-0.1, -0.05) is 42.5 Å². The lowest BCUT2D eigenvalue weighted by atomic mass is 9.82. The van der Waals surface area contributed by atoms with Crippen molar-refractivity contribution in [3.63, 3.8) is 0 Å². The number of thiocarbonyl (C=S) groups is 1. The smallest absolute Gasteiger partial charge is 0.230 e. The summed E-state index contributed by atoms with van der Waals surface area (Å²) in [5, 5.41) is 2.93. The highest BCUT2D eigenvalue weighted by Gasteiger charge is 2.29. The molecule has 25 heavy (non-hydrogen) atoms. The van der Waals surface area contributed by atoms with Gasteiger partial charge in [0.05, 0.1) is 5.41 Å². The first-order valence-corrected chi connectivity index (χ1v) is 8.73. The van der Waals surface area contributed by atoms with Crippen LogP contribution in [0.15, 0.2) is 42.5 Å². The Balaban J connectivity index is 1.96. The number of hydrogen-bond donors (Lipinski definition) is 1. The van der Waals surface area contributed by atoms with Crippen LogP contribution in [0.3, 0.4) is 0 Å². The van der Waals surface area contributed by atoms with Crippen molar-refractivity contribution < 1.29 is 9.18 Å². The Hall–Kier alpha value is -2.07. The maximum absolute atomic E-state index is 12.9. The van der Waals surface area contributed by atoms with Gasteiger partial charge in [0.15, 0.2) is 0 Å². The van der Waals surface area contributed by atoms with E-state index in [2.05, 4.69) is 18.3 Å². The van der Waals surface area contributed by atoms with Gasteiger partial charge < -0.3 is 5.32 Å². The van der Waals surface area contributed by atoms with Crippen LogP contribution in [0.4, 0.5) is 4.39 Å². The molecule has 0 aromatic heterocycles. The van der Waals surface area contributed by atoms with Gasteiger partial charge in [0.1, 0.15) is 5.82 Å². The lowest BCUT2D eigenvalue weighted by Gasteiger charge is -2.25. The summed E-state index contributed by atoms with van der Waals surface area (Å²) in [5.41, 5.74) is 3.67. The average molecular weight is 357 g/mol. The highest BCUT2D eigenvalue weighted by molar-refractivity contribution is 7.80. The van der Waals surface area contributed by atoms with Gasteiger partial charge in [-0.3, -0.25) is 4.79 Å². The number of aryl methyl sites for hydroxylation is 2. The molecule has 0 unspecified atom stereocenters. The van der Waals surface area contributed by atoms with Crippen LogP contribution in [0.25, 0.3) is 0 Å². The molecule has 0 saturated carbocycles. The summed E-state index contributed by atoms with van der Waals surface area (Å²) in [6.45, 7) is 8.26. The fourth-order valence-corrected chi connectivity index (χ4v) is 2.79. The molecule has 0 atom stereocenters. The lowest BCUT2D eigenvalue weighted by Crippen LogP contribution is -2.42. The van der Waals surface area contributed by atoms with Gasteiger partial charge in [0.25, 0.3) is 0 Å². The minimum absolute atomic E-state index is 0.0581. The molecule has 0 fully saturated rings. The maximum atomic E-state index is 12.9. The van der Waals surface area contributed by atoms with Crippen molar-refractivity contribution in [3.8, 4) is 0 Å². The number of rotatable bonds is 6. The summed E-state index contributed by atoms with van der Waals surface area (Å²) >= 11 is 5.36. The van der Waals surface area contributed by atoms with Crippen LogP contribution >= 0.6 is 12.2 Å². The summed E-state index contributed by atoms with van der Waals surface area (Å²) in [4.78, 5) is 13.4. The minimum atomic E-state index is -0.635. The number of amides is 1. The molecule has 0 aliphatic carbocycles. The number of hydrogen-bond acceptors (Lipinski definition) is 2. The van der Waals surface area contributed by atoms with Gasteiger partial charge in [-0.15, -0.1) is 0 Å². The Labute approximate surface area is 154 Å². The first-order valence-electron chi connectivity index (χ1n) is 8.32. The van der Waals surface area contributed by atoms with E-state index in [1.165, 1.54) is 23.3 Å². The quantitative estimate of drug-likeness (QED) is 0.774. The third-order valence-electron chi connectivity index (χ3n) is 4.56. The molecule has 0 aliphatic heterocycles. The second-order valence-electron chi connectivity index (χ2n) is 6.95. The summed E-state index contributed by atoms with van der Waals surface area (Å²) in [7, 11) is 0. The Morgan fingerprint density at radius 2 is 1.72 bits per heavy atom. The molecule has 0 heterocycles. The molecule has 0 aliphatic rings. The van der Waals surface area contributed by atoms with Gasteiger partial charge in [-0.25, -0.2) is 4.39 Å². The van der Waals surface area contributed by atoms with E-state index >= 15 is 0 Å². The monoisotopic (exact) mass is 357 g/mol. The number of carbonyl (C=O) groups is 1. The molecule has 0 saturated heterocycles. The lowest BCUT2D eigenvalue weighted by molar-refractivity contribution is -0.125. The average Bonchev–Trinajstić information content (AvgIpc) is 2.57. The predicted molar refractivity (Wildman–Crippen MR) is 105 cm³/mol. The summed E-state index contributed by atoms with van der Waals surface area (Å²) in [6.07, 6.45) is 0.542. The molecule has 2 nitrogen and oxygen atoms in total. The summed E-state index contributed by atoms with van der Waals surface area (Å²) in [6, 6.07) is 12.4. The van der Waals surface area contributed by atoms with Gasteiger partial charge in [-0.05, 0) is 62.1 Å². The van der Waals surface area contributed by atoms with E-state index in [0.717, 1.165) is 16.0 Å². The van der Waals surface area contributed by atoms with Crippen LogP contribution < -0.4 is 5.32 Å². The highest BCUT2D eigenvalue weighted by Crippen LogP contribution is 2.25. The van der Waals surface area contributed by atoms with Crippen LogP contribution in [-0.4, -0.2) is 17.3 Å². The van der Waals surface area contributed by atoms with Crippen molar-refractivity contribution >= 4 is 23.0 Å². The van der Waals surface area contributed by atoms with Crippen LogP contribution in [0.5, 0.6) is 0 Å². The highest BCUT2D eigenvalue weighted by atomic mass is 32.1. The second-order valence-corrected chi connectivity index (χ2v) is 7.53. The third kappa shape index (κ3) is 4.95. The maximum Gasteiger partial charge on any atom is 0.230 e. The molecule has 0 radical (unpaired) electrons. The van der Waals surface area contributed by atoms with E-state index in [1.807, 2.05) is 32.9 Å². The van der Waals surface area contributed by atoms with Crippen molar-refractivity contribution in [1.82, 2.24) is 5.32 Å². The van der Waals surface area contributed by atoms with Crippen molar-refractivity contribution in [2.24, 2.45) is 0 Å². The van der Waals surface area contributed by atoms with Crippen LogP contribution in [0.2, 0.25) is 0 Å². The molecular formula is C21H24FNOS. The zero-order valence-electron chi connectivity index (χ0n) is 15.2. The normalized spacial score (nSPS) is 11.2. The molecular weight excluding hydrogens is 333 g/mol. The Kier molecular flexibility index (Phi) is 6.07. The van der Waals surface area contributed by atoms with E-state index in [4.69, 9.17) is 12.2 Å².